The zero-order valence-corrected chi connectivity index (χ0v) is 18.2. The first kappa shape index (κ1) is 22.2. The molecule has 2 aromatic heterocycles. The maximum Gasteiger partial charge on any atom is 0.262 e. The number of pyridine rings is 1. The Morgan fingerprint density at radius 3 is 2.55 bits per heavy atom. The van der Waals surface area contributed by atoms with E-state index >= 15 is 4.39 Å². The Hall–Kier alpha value is -3.99. The first-order valence-corrected chi connectivity index (χ1v) is 10.9. The van der Waals surface area contributed by atoms with Gasteiger partial charge in [0.15, 0.2) is 17.3 Å². The average molecular weight is 473 g/mol. The lowest BCUT2D eigenvalue weighted by Gasteiger charge is -2.13. The van der Waals surface area contributed by atoms with Gasteiger partial charge in [-0.3, -0.25) is 9.52 Å². The number of aromatic amines is 1. The monoisotopic (exact) mass is 473 g/mol. The number of methoxy groups -OCH3 is 2. The lowest BCUT2D eigenvalue weighted by atomic mass is 10.0. The van der Waals surface area contributed by atoms with Crippen LogP contribution in [0.5, 0.6) is 11.5 Å². The molecule has 170 valence electrons. The zero-order chi connectivity index (χ0) is 23.8. The minimum absolute atomic E-state index is 0.00389. The Kier molecular flexibility index (Phi) is 5.73. The number of halogens is 2. The van der Waals surface area contributed by atoms with E-state index in [2.05, 4.69) is 14.7 Å². The Labute approximate surface area is 187 Å². The number of anilines is 1. The topological polar surface area (TPSA) is 110 Å². The Morgan fingerprint density at radius 1 is 1.06 bits per heavy atom. The molecule has 2 N–H and O–H groups in total. The van der Waals surface area contributed by atoms with Crippen molar-refractivity contribution < 1.29 is 31.5 Å². The summed E-state index contributed by atoms with van der Waals surface area (Å²) in [6.45, 7) is 0. The van der Waals surface area contributed by atoms with E-state index in [-0.39, 0.29) is 16.2 Å². The molecule has 0 bridgehead atoms. The lowest BCUT2D eigenvalue weighted by molar-refractivity contribution is 0.103. The van der Waals surface area contributed by atoms with Crippen molar-refractivity contribution >= 4 is 32.5 Å². The largest absolute Gasteiger partial charge is 0.493 e. The van der Waals surface area contributed by atoms with Crippen LogP contribution >= 0.6 is 0 Å². The number of hydrogen-bond donors (Lipinski definition) is 2. The minimum Gasteiger partial charge on any atom is -0.493 e. The van der Waals surface area contributed by atoms with E-state index in [9.17, 15) is 17.6 Å². The molecule has 4 aromatic rings. The van der Waals surface area contributed by atoms with E-state index in [1.807, 2.05) is 0 Å². The molecule has 0 fully saturated rings. The fraction of sp³-hybridized carbons (Fsp3) is 0.0909. The predicted molar refractivity (Wildman–Crippen MR) is 116 cm³/mol. The summed E-state index contributed by atoms with van der Waals surface area (Å²) in [6, 6.07) is 8.66. The molecule has 0 radical (unpaired) electrons. The molecule has 0 unspecified atom stereocenters. The standard InChI is InChI=1S/C22H17F2N3O5S/c1-31-17-8-5-12(10-18(17)32-2)33(29,30)27-16-7-6-15(23)19(20(16)24)21(28)14-11-26-22-13(14)4-3-9-25-22/h3-11,27H,1-2H3,(H,25,26). The van der Waals surface area contributed by atoms with Gasteiger partial charge in [0.05, 0.1) is 30.4 Å². The number of hydrogen-bond acceptors (Lipinski definition) is 6. The summed E-state index contributed by atoms with van der Waals surface area (Å²) in [4.78, 5) is 19.5. The van der Waals surface area contributed by atoms with Crippen molar-refractivity contribution in [2.45, 2.75) is 4.90 Å². The highest BCUT2D eigenvalue weighted by atomic mass is 32.2. The van der Waals surface area contributed by atoms with E-state index in [0.717, 1.165) is 12.1 Å². The summed E-state index contributed by atoms with van der Waals surface area (Å²) in [6.07, 6.45) is 2.79. The van der Waals surface area contributed by atoms with Crippen LogP contribution in [0.3, 0.4) is 0 Å². The molecule has 0 saturated carbocycles. The zero-order valence-electron chi connectivity index (χ0n) is 17.3. The fourth-order valence-electron chi connectivity index (χ4n) is 3.31. The van der Waals surface area contributed by atoms with Crippen LogP contribution in [0.2, 0.25) is 0 Å². The van der Waals surface area contributed by atoms with E-state index in [4.69, 9.17) is 9.47 Å². The molecule has 0 aliphatic carbocycles. The number of carbonyl (C=O) groups excluding carboxylic acids is 1. The number of nitrogens with zero attached hydrogens (tertiary/aromatic N) is 1. The molecule has 8 nitrogen and oxygen atoms in total. The molecule has 2 aromatic carbocycles. The van der Waals surface area contributed by atoms with Crippen LogP contribution in [0.1, 0.15) is 15.9 Å². The second kappa shape index (κ2) is 8.51. The summed E-state index contributed by atoms with van der Waals surface area (Å²) in [5, 5.41) is 0.373. The minimum atomic E-state index is -4.31. The molecular formula is C22H17F2N3O5S. The predicted octanol–water partition coefficient (Wildman–Crippen LogP) is 3.89. The van der Waals surface area contributed by atoms with Crippen molar-refractivity contribution in [1.29, 1.82) is 0 Å². The van der Waals surface area contributed by atoms with Crippen LogP contribution < -0.4 is 14.2 Å². The van der Waals surface area contributed by atoms with E-state index in [0.29, 0.717) is 16.8 Å². The number of ether oxygens (including phenoxy) is 2. The van der Waals surface area contributed by atoms with Crippen LogP contribution in [0.15, 0.2) is 59.8 Å². The molecule has 4 rings (SSSR count). The quantitative estimate of drug-likeness (QED) is 0.394. The number of nitrogens with one attached hydrogen (secondary N) is 2. The second-order valence-electron chi connectivity index (χ2n) is 6.84. The smallest absolute Gasteiger partial charge is 0.262 e. The van der Waals surface area contributed by atoms with Gasteiger partial charge in [-0.15, -0.1) is 0 Å². The van der Waals surface area contributed by atoms with Gasteiger partial charge in [-0.25, -0.2) is 22.2 Å². The molecule has 11 heteroatoms. The highest BCUT2D eigenvalue weighted by molar-refractivity contribution is 7.92. The normalized spacial score (nSPS) is 11.4. The number of carbonyl (C=O) groups is 1. The van der Waals surface area contributed by atoms with Crippen molar-refractivity contribution in [3.05, 3.63) is 77.6 Å². The Bertz CT molecular complexity index is 1480. The summed E-state index contributed by atoms with van der Waals surface area (Å²) in [5.74, 6) is -3.00. The Balaban J connectivity index is 1.73. The third-order valence-electron chi connectivity index (χ3n) is 4.92. The summed E-state index contributed by atoms with van der Waals surface area (Å²) in [7, 11) is -1.59. The number of H-pyrrole nitrogens is 1. The van der Waals surface area contributed by atoms with Crippen LogP contribution in [0.4, 0.5) is 14.5 Å². The molecule has 0 spiro atoms. The molecule has 0 amide bonds. The average Bonchev–Trinajstić information content (AvgIpc) is 3.24. The van der Waals surface area contributed by atoms with Gasteiger partial charge in [-0.1, -0.05) is 0 Å². The van der Waals surface area contributed by atoms with E-state index in [1.165, 1.54) is 44.8 Å². The summed E-state index contributed by atoms with van der Waals surface area (Å²) < 4.78 is 67.6. The van der Waals surface area contributed by atoms with Gasteiger partial charge >= 0.3 is 0 Å². The first-order valence-electron chi connectivity index (χ1n) is 9.46. The van der Waals surface area contributed by atoms with E-state index < -0.39 is 38.7 Å². The summed E-state index contributed by atoms with van der Waals surface area (Å²) >= 11 is 0. The van der Waals surface area contributed by atoms with Gasteiger partial charge < -0.3 is 14.5 Å². The van der Waals surface area contributed by atoms with Gasteiger partial charge in [0.2, 0.25) is 5.78 Å². The summed E-state index contributed by atoms with van der Waals surface area (Å²) in [5.41, 5.74) is -1.12. The molecular weight excluding hydrogens is 456 g/mol. The van der Waals surface area contributed by atoms with Crippen LogP contribution in [-0.4, -0.2) is 38.4 Å². The van der Waals surface area contributed by atoms with Crippen LogP contribution in [-0.2, 0) is 10.0 Å². The molecule has 0 saturated heterocycles. The molecule has 0 aliphatic rings. The van der Waals surface area contributed by atoms with Crippen molar-refractivity contribution in [1.82, 2.24) is 9.97 Å². The molecule has 0 aliphatic heterocycles. The maximum atomic E-state index is 15.2. The van der Waals surface area contributed by atoms with Gasteiger partial charge in [0, 0.05) is 29.4 Å². The number of aromatic nitrogens is 2. The number of benzene rings is 2. The van der Waals surface area contributed by atoms with Crippen molar-refractivity contribution in [3.8, 4) is 11.5 Å². The second-order valence-corrected chi connectivity index (χ2v) is 8.52. The molecule has 33 heavy (non-hydrogen) atoms. The highest BCUT2D eigenvalue weighted by Gasteiger charge is 2.26. The maximum absolute atomic E-state index is 15.2. The van der Waals surface area contributed by atoms with Crippen molar-refractivity contribution in [3.63, 3.8) is 0 Å². The molecule has 0 atom stereocenters. The number of rotatable bonds is 7. The van der Waals surface area contributed by atoms with Gasteiger partial charge in [0.25, 0.3) is 10.0 Å². The SMILES string of the molecule is COc1ccc(S(=O)(=O)Nc2ccc(F)c(C(=O)c3c[nH]c4ncccc34)c2F)cc1OC. The van der Waals surface area contributed by atoms with Gasteiger partial charge in [0.1, 0.15) is 11.5 Å². The van der Waals surface area contributed by atoms with Crippen LogP contribution in [0.25, 0.3) is 11.0 Å². The van der Waals surface area contributed by atoms with E-state index in [1.54, 1.807) is 12.1 Å². The van der Waals surface area contributed by atoms with Crippen LogP contribution in [0, 0.1) is 11.6 Å². The number of sulfonamides is 1. The van der Waals surface area contributed by atoms with Gasteiger partial charge in [-0.2, -0.15) is 0 Å². The first-order chi connectivity index (χ1) is 15.8. The highest BCUT2D eigenvalue weighted by Crippen LogP contribution is 2.32. The lowest BCUT2D eigenvalue weighted by Crippen LogP contribution is -2.16. The van der Waals surface area contributed by atoms with Crippen molar-refractivity contribution in [2.24, 2.45) is 0 Å². The number of ketones is 1. The molecule has 2 heterocycles. The third kappa shape index (κ3) is 3.98. The van der Waals surface area contributed by atoms with Gasteiger partial charge in [-0.05, 0) is 36.4 Å². The Morgan fingerprint density at radius 2 is 1.82 bits per heavy atom. The number of fused-ring (bicyclic) bond motifs is 1. The third-order valence-corrected chi connectivity index (χ3v) is 6.29. The van der Waals surface area contributed by atoms with Crippen molar-refractivity contribution in [2.75, 3.05) is 18.9 Å². The fourth-order valence-corrected chi connectivity index (χ4v) is 4.38.